The first-order valence-electron chi connectivity index (χ1n) is 7.54. The van der Waals surface area contributed by atoms with Crippen molar-refractivity contribution >= 4 is 52.6 Å². The lowest BCUT2D eigenvalue weighted by molar-refractivity contribution is 0.152. The Balaban J connectivity index is 2.01. The zero-order valence-corrected chi connectivity index (χ0v) is 16.4. The average Bonchev–Trinajstić information content (AvgIpc) is 2.53. The zero-order chi connectivity index (χ0) is 18.5. The number of oxime groups is 1. The summed E-state index contributed by atoms with van der Waals surface area (Å²) in [6.45, 7) is 1.68. The number of phenols is 1. The molecule has 0 aliphatic carbocycles. The minimum atomic E-state index is 0.00717. The van der Waals surface area contributed by atoms with Gasteiger partial charge in [-0.1, -0.05) is 51.6 Å². The molecule has 0 bridgehead atoms. The Labute approximate surface area is 167 Å². The van der Waals surface area contributed by atoms with E-state index in [-0.39, 0.29) is 16.8 Å². The summed E-state index contributed by atoms with van der Waals surface area (Å²) in [5.41, 5.74) is 0. The van der Waals surface area contributed by atoms with E-state index in [2.05, 4.69) is 5.16 Å². The Kier molecular flexibility index (Phi) is 11.9. The molecule has 0 fully saturated rings. The Bertz CT molecular complexity index is 554. The molecule has 25 heavy (non-hydrogen) atoms. The number of hydrogen-bond acceptors (Lipinski definition) is 5. The van der Waals surface area contributed by atoms with E-state index in [1.165, 1.54) is 24.4 Å². The number of benzene rings is 1. The van der Waals surface area contributed by atoms with Gasteiger partial charge in [0.15, 0.2) is 5.75 Å². The standard InChI is InChI=1S/C16H19Cl4NO4/c17-13-10-12(22)11-14(18)16(13)24-7-3-1-2-6-23-9-5-21-25-8-4-15(19)20/h4-5,10-11,22H,1-3,6-9H2/b21-5+. The highest BCUT2D eigenvalue weighted by Gasteiger charge is 2.09. The van der Waals surface area contributed by atoms with Crippen LogP contribution in [0.1, 0.15) is 19.3 Å². The normalized spacial score (nSPS) is 10.9. The molecule has 0 saturated carbocycles. The molecule has 0 aliphatic heterocycles. The maximum absolute atomic E-state index is 9.34. The molecule has 0 aliphatic rings. The van der Waals surface area contributed by atoms with Crippen LogP contribution in [-0.2, 0) is 9.57 Å². The van der Waals surface area contributed by atoms with Crippen molar-refractivity contribution in [2.75, 3.05) is 26.4 Å². The van der Waals surface area contributed by atoms with Crippen LogP contribution in [0.3, 0.4) is 0 Å². The van der Waals surface area contributed by atoms with E-state index in [9.17, 15) is 5.11 Å². The predicted octanol–water partition coefficient (Wildman–Crippen LogP) is 5.59. The van der Waals surface area contributed by atoms with Crippen LogP contribution in [0.4, 0.5) is 0 Å². The molecule has 0 saturated heterocycles. The number of nitrogens with zero attached hydrogens (tertiary/aromatic N) is 1. The van der Waals surface area contributed by atoms with Gasteiger partial charge in [-0.3, -0.25) is 0 Å². The lowest BCUT2D eigenvalue weighted by Gasteiger charge is -2.10. The highest BCUT2D eigenvalue weighted by molar-refractivity contribution is 6.55. The first-order chi connectivity index (χ1) is 12.0. The molecule has 0 amide bonds. The molecule has 1 rings (SSSR count). The van der Waals surface area contributed by atoms with Gasteiger partial charge in [0.25, 0.3) is 0 Å². The predicted molar refractivity (Wildman–Crippen MR) is 103 cm³/mol. The van der Waals surface area contributed by atoms with Crippen molar-refractivity contribution in [1.82, 2.24) is 0 Å². The highest BCUT2D eigenvalue weighted by Crippen LogP contribution is 2.36. The van der Waals surface area contributed by atoms with E-state index in [0.717, 1.165) is 19.3 Å². The number of halogens is 4. The number of phenolic OH excluding ortho intramolecular Hbond substituents is 1. The Morgan fingerprint density at radius 1 is 1.04 bits per heavy atom. The molecule has 0 unspecified atom stereocenters. The third-order valence-electron chi connectivity index (χ3n) is 2.82. The summed E-state index contributed by atoms with van der Waals surface area (Å²) in [5, 5.41) is 13.6. The molecule has 140 valence electrons. The van der Waals surface area contributed by atoms with Gasteiger partial charge in [-0.2, -0.15) is 0 Å². The average molecular weight is 431 g/mol. The van der Waals surface area contributed by atoms with Crippen molar-refractivity contribution in [3.63, 3.8) is 0 Å². The fourth-order valence-corrected chi connectivity index (χ4v) is 2.41. The van der Waals surface area contributed by atoms with Gasteiger partial charge in [0.1, 0.15) is 16.8 Å². The maximum Gasteiger partial charge on any atom is 0.156 e. The highest BCUT2D eigenvalue weighted by atomic mass is 35.5. The van der Waals surface area contributed by atoms with E-state index in [0.29, 0.717) is 35.6 Å². The lowest BCUT2D eigenvalue weighted by atomic mass is 10.2. The van der Waals surface area contributed by atoms with Crippen LogP contribution in [0.2, 0.25) is 10.0 Å². The Morgan fingerprint density at radius 2 is 1.72 bits per heavy atom. The molecule has 0 heterocycles. The van der Waals surface area contributed by atoms with Crippen LogP contribution in [0.25, 0.3) is 0 Å². The van der Waals surface area contributed by atoms with Crippen molar-refractivity contribution in [1.29, 1.82) is 0 Å². The minimum absolute atomic E-state index is 0.00717. The fraction of sp³-hybridized carbons (Fsp3) is 0.438. The third kappa shape index (κ3) is 10.7. The van der Waals surface area contributed by atoms with Crippen molar-refractivity contribution in [3.8, 4) is 11.5 Å². The molecular formula is C16H19Cl4NO4. The Hall–Kier alpha value is -0.850. The molecular weight excluding hydrogens is 412 g/mol. The van der Waals surface area contributed by atoms with Crippen LogP contribution >= 0.6 is 46.4 Å². The monoisotopic (exact) mass is 429 g/mol. The van der Waals surface area contributed by atoms with Gasteiger partial charge in [0, 0.05) is 18.7 Å². The van der Waals surface area contributed by atoms with Crippen LogP contribution in [-0.4, -0.2) is 37.7 Å². The van der Waals surface area contributed by atoms with Gasteiger partial charge < -0.3 is 19.4 Å². The summed E-state index contributed by atoms with van der Waals surface area (Å²) < 4.78 is 11.1. The molecule has 1 N–H and O–H groups in total. The van der Waals surface area contributed by atoms with E-state index in [1.54, 1.807) is 0 Å². The van der Waals surface area contributed by atoms with Crippen molar-refractivity contribution in [3.05, 3.63) is 32.7 Å². The molecule has 0 spiro atoms. The minimum Gasteiger partial charge on any atom is -0.508 e. The number of rotatable bonds is 12. The second-order valence-electron chi connectivity index (χ2n) is 4.80. The first-order valence-corrected chi connectivity index (χ1v) is 9.05. The number of aromatic hydroxyl groups is 1. The smallest absolute Gasteiger partial charge is 0.156 e. The lowest BCUT2D eigenvalue weighted by Crippen LogP contribution is -2.01. The summed E-state index contributed by atoms with van der Waals surface area (Å²) in [7, 11) is 0. The van der Waals surface area contributed by atoms with Gasteiger partial charge in [0.2, 0.25) is 0 Å². The van der Waals surface area contributed by atoms with Crippen molar-refractivity contribution in [2.24, 2.45) is 5.16 Å². The van der Waals surface area contributed by atoms with Crippen molar-refractivity contribution < 1.29 is 19.4 Å². The zero-order valence-electron chi connectivity index (χ0n) is 13.4. The second kappa shape index (κ2) is 13.4. The number of hydrogen-bond donors (Lipinski definition) is 1. The first kappa shape index (κ1) is 22.2. The van der Waals surface area contributed by atoms with Crippen molar-refractivity contribution in [2.45, 2.75) is 19.3 Å². The fourth-order valence-electron chi connectivity index (χ4n) is 1.70. The van der Waals surface area contributed by atoms with Gasteiger partial charge in [0.05, 0.1) is 29.5 Å². The number of unbranched alkanes of at least 4 members (excludes halogenated alkanes) is 2. The van der Waals surface area contributed by atoms with E-state index in [1.807, 2.05) is 0 Å². The van der Waals surface area contributed by atoms with Crippen LogP contribution < -0.4 is 4.74 Å². The summed E-state index contributed by atoms with van der Waals surface area (Å²) in [6.07, 6.45) is 5.66. The van der Waals surface area contributed by atoms with Gasteiger partial charge >= 0.3 is 0 Å². The van der Waals surface area contributed by atoms with E-state index < -0.39 is 0 Å². The quantitative estimate of drug-likeness (QED) is 0.267. The van der Waals surface area contributed by atoms with E-state index in [4.69, 9.17) is 60.7 Å². The largest absolute Gasteiger partial charge is 0.508 e. The summed E-state index contributed by atoms with van der Waals surface area (Å²) in [4.78, 5) is 4.86. The SMILES string of the molecule is Oc1cc(Cl)c(OCCCCCOC/C=N/OCC=C(Cl)Cl)c(Cl)c1. The topological polar surface area (TPSA) is 60.3 Å². The molecule has 0 radical (unpaired) electrons. The third-order valence-corrected chi connectivity index (χ3v) is 3.69. The van der Waals surface area contributed by atoms with Gasteiger partial charge in [-0.15, -0.1) is 0 Å². The van der Waals surface area contributed by atoms with Crippen LogP contribution in [0.15, 0.2) is 27.9 Å². The molecule has 5 nitrogen and oxygen atoms in total. The molecule has 0 atom stereocenters. The summed E-state index contributed by atoms with van der Waals surface area (Å²) >= 11 is 22.7. The van der Waals surface area contributed by atoms with Crippen LogP contribution in [0, 0.1) is 0 Å². The maximum atomic E-state index is 9.34. The van der Waals surface area contributed by atoms with E-state index >= 15 is 0 Å². The molecule has 1 aromatic rings. The molecule has 1 aromatic carbocycles. The van der Waals surface area contributed by atoms with Gasteiger partial charge in [-0.25, -0.2) is 0 Å². The molecule has 9 heteroatoms. The molecule has 0 aromatic heterocycles. The van der Waals surface area contributed by atoms with Gasteiger partial charge in [-0.05, 0) is 25.3 Å². The second-order valence-corrected chi connectivity index (χ2v) is 6.62. The summed E-state index contributed by atoms with van der Waals surface area (Å²) in [5.74, 6) is 0.395. The summed E-state index contributed by atoms with van der Waals surface area (Å²) in [6, 6.07) is 2.78. The number of ether oxygens (including phenoxy) is 2. The Morgan fingerprint density at radius 3 is 2.40 bits per heavy atom. The van der Waals surface area contributed by atoms with Crippen LogP contribution in [0.5, 0.6) is 11.5 Å².